The zero-order valence-electron chi connectivity index (χ0n) is 12.8. The molecule has 0 bridgehead atoms. The molecule has 0 atom stereocenters. The molecular weight excluding hydrogens is 338 g/mol. The number of aryl methyl sites for hydroxylation is 2. The van der Waals surface area contributed by atoms with Gasteiger partial charge in [0.25, 0.3) is 0 Å². The topological polar surface area (TPSA) is 20.3 Å². The number of amides is 1. The number of hydrogen-bond acceptors (Lipinski definition) is 1. The molecule has 2 nitrogen and oxygen atoms in total. The second kappa shape index (κ2) is 6.66. The Morgan fingerprint density at radius 3 is 2.77 bits per heavy atom. The van der Waals surface area contributed by atoms with Crippen molar-refractivity contribution in [2.45, 2.75) is 32.7 Å². The molecule has 2 aromatic rings. The Kier molecular flexibility index (Phi) is 4.63. The lowest BCUT2D eigenvalue weighted by Gasteiger charge is -2.30. The molecule has 0 unspecified atom stereocenters. The predicted molar refractivity (Wildman–Crippen MR) is 92.8 cm³/mol. The normalized spacial score (nSPS) is 13.8. The summed E-state index contributed by atoms with van der Waals surface area (Å²) in [5.74, 6) is 0.261. The van der Waals surface area contributed by atoms with Crippen molar-refractivity contribution in [1.82, 2.24) is 4.90 Å². The van der Waals surface area contributed by atoms with E-state index >= 15 is 0 Å². The standard InChI is InChI=1S/C19H20BrNO/c1-14-11-17(20)12-16-9-10-21(13-18(14)16)19(22)8-7-15-5-3-2-4-6-15/h2-6,11-12H,7-10,13H2,1H3. The molecule has 0 aromatic heterocycles. The first kappa shape index (κ1) is 15.3. The van der Waals surface area contributed by atoms with Gasteiger partial charge in [0.1, 0.15) is 0 Å². The highest BCUT2D eigenvalue weighted by atomic mass is 79.9. The first-order chi connectivity index (χ1) is 10.6. The summed E-state index contributed by atoms with van der Waals surface area (Å²) < 4.78 is 1.13. The van der Waals surface area contributed by atoms with Gasteiger partial charge in [-0.25, -0.2) is 0 Å². The fourth-order valence-electron chi connectivity index (χ4n) is 3.08. The van der Waals surface area contributed by atoms with E-state index in [2.05, 4.69) is 47.1 Å². The molecule has 0 saturated carbocycles. The molecule has 0 fully saturated rings. The number of rotatable bonds is 3. The quantitative estimate of drug-likeness (QED) is 0.802. The maximum atomic E-state index is 12.5. The second-order valence-corrected chi connectivity index (χ2v) is 6.83. The van der Waals surface area contributed by atoms with Crippen molar-refractivity contribution in [3.05, 3.63) is 69.2 Å². The average Bonchev–Trinajstić information content (AvgIpc) is 2.53. The van der Waals surface area contributed by atoms with Crippen LogP contribution in [0, 0.1) is 6.92 Å². The molecular formula is C19H20BrNO. The average molecular weight is 358 g/mol. The lowest BCUT2D eigenvalue weighted by molar-refractivity contribution is -0.132. The van der Waals surface area contributed by atoms with Gasteiger partial charge in [-0.15, -0.1) is 0 Å². The highest BCUT2D eigenvalue weighted by Gasteiger charge is 2.22. The summed E-state index contributed by atoms with van der Waals surface area (Å²) in [4.78, 5) is 14.5. The van der Waals surface area contributed by atoms with Crippen LogP contribution < -0.4 is 0 Å². The van der Waals surface area contributed by atoms with E-state index in [1.807, 2.05) is 23.1 Å². The second-order valence-electron chi connectivity index (χ2n) is 5.91. The van der Waals surface area contributed by atoms with E-state index in [-0.39, 0.29) is 5.91 Å². The van der Waals surface area contributed by atoms with Gasteiger partial charge in [0.05, 0.1) is 0 Å². The van der Waals surface area contributed by atoms with Crippen LogP contribution in [0.4, 0.5) is 0 Å². The van der Waals surface area contributed by atoms with Gasteiger partial charge in [-0.2, -0.15) is 0 Å². The van der Waals surface area contributed by atoms with Crippen LogP contribution in [0.5, 0.6) is 0 Å². The lowest BCUT2D eigenvalue weighted by atomic mass is 9.95. The van der Waals surface area contributed by atoms with Gasteiger partial charge in [0.2, 0.25) is 5.91 Å². The van der Waals surface area contributed by atoms with E-state index in [9.17, 15) is 4.79 Å². The minimum Gasteiger partial charge on any atom is -0.338 e. The molecule has 2 aromatic carbocycles. The molecule has 1 heterocycles. The fraction of sp³-hybridized carbons (Fsp3) is 0.316. The minimum absolute atomic E-state index is 0.261. The van der Waals surface area contributed by atoms with Gasteiger partial charge < -0.3 is 4.90 Å². The molecule has 0 saturated heterocycles. The van der Waals surface area contributed by atoms with E-state index in [0.29, 0.717) is 6.42 Å². The molecule has 1 aliphatic rings. The summed E-state index contributed by atoms with van der Waals surface area (Å²) in [6.07, 6.45) is 2.37. The van der Waals surface area contributed by atoms with Crippen molar-refractivity contribution in [3.8, 4) is 0 Å². The summed E-state index contributed by atoms with van der Waals surface area (Å²) in [7, 11) is 0. The van der Waals surface area contributed by atoms with Crippen LogP contribution in [-0.2, 0) is 24.2 Å². The summed E-state index contributed by atoms with van der Waals surface area (Å²) in [6.45, 7) is 3.71. The fourth-order valence-corrected chi connectivity index (χ4v) is 3.70. The molecule has 0 aliphatic carbocycles. The first-order valence-electron chi connectivity index (χ1n) is 7.73. The molecule has 3 heteroatoms. The van der Waals surface area contributed by atoms with Crippen LogP contribution in [0.2, 0.25) is 0 Å². The summed E-state index contributed by atoms with van der Waals surface area (Å²) in [6, 6.07) is 14.6. The van der Waals surface area contributed by atoms with Crippen molar-refractivity contribution >= 4 is 21.8 Å². The molecule has 0 N–H and O–H groups in total. The maximum Gasteiger partial charge on any atom is 0.223 e. The Morgan fingerprint density at radius 1 is 1.23 bits per heavy atom. The summed E-state index contributed by atoms with van der Waals surface area (Å²) in [5.41, 5.74) is 5.19. The summed E-state index contributed by atoms with van der Waals surface area (Å²) in [5, 5.41) is 0. The highest BCUT2D eigenvalue weighted by molar-refractivity contribution is 9.10. The largest absolute Gasteiger partial charge is 0.338 e. The number of carbonyl (C=O) groups excluding carboxylic acids is 1. The van der Waals surface area contributed by atoms with Gasteiger partial charge in [0, 0.05) is 24.0 Å². The number of nitrogens with zero attached hydrogens (tertiary/aromatic N) is 1. The minimum atomic E-state index is 0.261. The van der Waals surface area contributed by atoms with Crippen molar-refractivity contribution < 1.29 is 4.79 Å². The maximum absolute atomic E-state index is 12.5. The van der Waals surface area contributed by atoms with E-state index < -0.39 is 0 Å². The van der Waals surface area contributed by atoms with E-state index in [0.717, 1.165) is 30.4 Å². The zero-order chi connectivity index (χ0) is 15.5. The molecule has 0 radical (unpaired) electrons. The van der Waals surface area contributed by atoms with Gasteiger partial charge in [-0.3, -0.25) is 4.79 Å². The lowest BCUT2D eigenvalue weighted by Crippen LogP contribution is -2.36. The SMILES string of the molecule is Cc1cc(Br)cc2c1CN(C(=O)CCc1ccccc1)CC2. The molecule has 114 valence electrons. The Labute approximate surface area is 140 Å². The van der Waals surface area contributed by atoms with Crippen molar-refractivity contribution in [2.24, 2.45) is 0 Å². The molecule has 3 rings (SSSR count). The number of benzene rings is 2. The number of carbonyl (C=O) groups is 1. The Morgan fingerprint density at radius 2 is 2.00 bits per heavy atom. The van der Waals surface area contributed by atoms with Crippen LogP contribution in [0.15, 0.2) is 46.9 Å². The van der Waals surface area contributed by atoms with Crippen molar-refractivity contribution in [3.63, 3.8) is 0 Å². The van der Waals surface area contributed by atoms with Crippen LogP contribution in [0.25, 0.3) is 0 Å². The Balaban J connectivity index is 1.65. The number of hydrogen-bond donors (Lipinski definition) is 0. The zero-order valence-corrected chi connectivity index (χ0v) is 14.4. The van der Waals surface area contributed by atoms with Crippen LogP contribution in [0.3, 0.4) is 0 Å². The van der Waals surface area contributed by atoms with Gasteiger partial charge >= 0.3 is 0 Å². The highest BCUT2D eigenvalue weighted by Crippen LogP contribution is 2.26. The summed E-state index contributed by atoms with van der Waals surface area (Å²) >= 11 is 3.56. The third-order valence-corrected chi connectivity index (χ3v) is 4.81. The molecule has 1 aliphatic heterocycles. The monoisotopic (exact) mass is 357 g/mol. The van der Waals surface area contributed by atoms with Gasteiger partial charge in [0.15, 0.2) is 0 Å². The van der Waals surface area contributed by atoms with Gasteiger partial charge in [-0.1, -0.05) is 46.3 Å². The Hall–Kier alpha value is -1.61. The Bertz CT molecular complexity index is 681. The molecule has 1 amide bonds. The first-order valence-corrected chi connectivity index (χ1v) is 8.52. The van der Waals surface area contributed by atoms with Crippen LogP contribution in [0.1, 0.15) is 28.7 Å². The van der Waals surface area contributed by atoms with Gasteiger partial charge in [-0.05, 0) is 54.2 Å². The van der Waals surface area contributed by atoms with E-state index in [1.165, 1.54) is 22.3 Å². The van der Waals surface area contributed by atoms with Crippen LogP contribution >= 0.6 is 15.9 Å². The molecule has 0 spiro atoms. The van der Waals surface area contributed by atoms with E-state index in [4.69, 9.17) is 0 Å². The van der Waals surface area contributed by atoms with Crippen molar-refractivity contribution in [2.75, 3.05) is 6.54 Å². The third kappa shape index (κ3) is 3.41. The third-order valence-electron chi connectivity index (χ3n) is 4.35. The predicted octanol–water partition coefficient (Wildman–Crippen LogP) is 4.28. The molecule has 22 heavy (non-hydrogen) atoms. The van der Waals surface area contributed by atoms with E-state index in [1.54, 1.807) is 0 Å². The number of fused-ring (bicyclic) bond motifs is 1. The smallest absolute Gasteiger partial charge is 0.223 e. The number of halogens is 1. The van der Waals surface area contributed by atoms with Crippen molar-refractivity contribution in [1.29, 1.82) is 0 Å². The van der Waals surface area contributed by atoms with Crippen LogP contribution in [-0.4, -0.2) is 17.4 Å².